The highest BCUT2D eigenvalue weighted by molar-refractivity contribution is 7.22. The van der Waals surface area contributed by atoms with Crippen molar-refractivity contribution in [2.75, 3.05) is 12.0 Å². The number of aliphatic hydroxyl groups excluding tert-OH is 1. The molecule has 4 aromatic carbocycles. The van der Waals surface area contributed by atoms with E-state index in [9.17, 15) is 14.7 Å². The van der Waals surface area contributed by atoms with Crippen molar-refractivity contribution in [2.24, 2.45) is 0 Å². The number of benzene rings is 4. The second-order valence-electron chi connectivity index (χ2n) is 9.83. The lowest BCUT2D eigenvalue weighted by molar-refractivity contribution is -0.132. The molecule has 42 heavy (non-hydrogen) atoms. The summed E-state index contributed by atoms with van der Waals surface area (Å²) in [6, 6.07) is 26.3. The first-order valence-electron chi connectivity index (χ1n) is 13.1. The van der Waals surface area contributed by atoms with Crippen molar-refractivity contribution in [1.29, 1.82) is 0 Å². The zero-order chi connectivity index (χ0) is 29.4. The molecule has 1 amide bonds. The van der Waals surface area contributed by atoms with Crippen molar-refractivity contribution in [1.82, 2.24) is 4.98 Å². The number of aromatic nitrogens is 1. The van der Waals surface area contributed by atoms with Gasteiger partial charge in [0, 0.05) is 10.6 Å². The predicted octanol–water partition coefficient (Wildman–Crippen LogP) is 7.47. The Hall–Kier alpha value is -4.66. The number of ketones is 1. The van der Waals surface area contributed by atoms with Gasteiger partial charge in [-0.3, -0.25) is 14.5 Å². The van der Waals surface area contributed by atoms with Crippen LogP contribution in [-0.4, -0.2) is 28.9 Å². The average Bonchev–Trinajstić information content (AvgIpc) is 3.53. The summed E-state index contributed by atoms with van der Waals surface area (Å²) in [7, 11) is 1.52. The molecule has 1 saturated heterocycles. The molecule has 9 heteroatoms. The predicted molar refractivity (Wildman–Crippen MR) is 164 cm³/mol. The van der Waals surface area contributed by atoms with Gasteiger partial charge in [-0.2, -0.15) is 0 Å². The molecule has 0 radical (unpaired) electrons. The fourth-order valence-corrected chi connectivity index (χ4v) is 6.18. The van der Waals surface area contributed by atoms with Gasteiger partial charge in [0.15, 0.2) is 16.6 Å². The van der Waals surface area contributed by atoms with Crippen LogP contribution in [0.5, 0.6) is 11.5 Å². The lowest BCUT2D eigenvalue weighted by Gasteiger charge is -2.24. The number of halogens is 1. The molecule has 1 aliphatic heterocycles. The fraction of sp³-hybridized carbons (Fsp3) is 0.121. The molecule has 6 rings (SSSR count). The van der Waals surface area contributed by atoms with Crippen LogP contribution >= 0.6 is 22.9 Å². The number of aliphatic hydroxyl groups is 1. The summed E-state index contributed by atoms with van der Waals surface area (Å²) in [5, 5.41) is 12.3. The SMILES string of the molecule is COc1cc(C2/C(=C(\O)c3ccc(C)cc3)C(=O)C(=O)N2c2nc3ccc(Cl)cc3s2)ccc1OCc1ccccc1. The summed E-state index contributed by atoms with van der Waals surface area (Å²) in [5.74, 6) is -0.954. The number of carbonyl (C=O) groups excluding carboxylic acids is 2. The number of nitrogens with zero attached hydrogens (tertiary/aromatic N) is 2. The van der Waals surface area contributed by atoms with Crippen LogP contribution in [0.2, 0.25) is 5.02 Å². The zero-order valence-corrected chi connectivity index (χ0v) is 24.3. The topological polar surface area (TPSA) is 89.0 Å². The first-order valence-corrected chi connectivity index (χ1v) is 14.3. The van der Waals surface area contributed by atoms with E-state index in [1.54, 1.807) is 48.5 Å². The van der Waals surface area contributed by atoms with Gasteiger partial charge in [0.1, 0.15) is 12.4 Å². The molecule has 1 atom stereocenters. The number of fused-ring (bicyclic) bond motifs is 1. The number of ether oxygens (including phenoxy) is 2. The molecular formula is C33H25ClN2O5S. The van der Waals surface area contributed by atoms with E-state index in [2.05, 4.69) is 4.98 Å². The third-order valence-corrected chi connectivity index (χ3v) is 8.31. The normalized spacial score (nSPS) is 16.3. The second-order valence-corrected chi connectivity index (χ2v) is 11.3. The summed E-state index contributed by atoms with van der Waals surface area (Å²) >= 11 is 7.44. The zero-order valence-electron chi connectivity index (χ0n) is 22.7. The molecule has 210 valence electrons. The lowest BCUT2D eigenvalue weighted by Crippen LogP contribution is -2.29. The van der Waals surface area contributed by atoms with Gasteiger partial charge >= 0.3 is 5.91 Å². The largest absolute Gasteiger partial charge is 0.507 e. The Morgan fingerprint density at radius 1 is 0.976 bits per heavy atom. The Bertz CT molecular complexity index is 1850. The fourth-order valence-electron chi connectivity index (χ4n) is 4.91. The Kier molecular flexibility index (Phi) is 7.41. The number of anilines is 1. The van der Waals surface area contributed by atoms with Gasteiger partial charge in [0.25, 0.3) is 5.78 Å². The molecule has 1 fully saturated rings. The van der Waals surface area contributed by atoms with E-state index in [0.29, 0.717) is 44.9 Å². The number of carbonyl (C=O) groups is 2. The first kappa shape index (κ1) is 27.5. The third kappa shape index (κ3) is 5.11. The molecule has 7 nitrogen and oxygen atoms in total. The van der Waals surface area contributed by atoms with Crippen LogP contribution in [0.25, 0.3) is 16.0 Å². The van der Waals surface area contributed by atoms with Crippen LogP contribution in [-0.2, 0) is 16.2 Å². The van der Waals surface area contributed by atoms with E-state index in [1.165, 1.54) is 23.3 Å². The summed E-state index contributed by atoms with van der Waals surface area (Å²) in [6.45, 7) is 2.26. The van der Waals surface area contributed by atoms with E-state index in [0.717, 1.165) is 15.8 Å². The van der Waals surface area contributed by atoms with Crippen molar-refractivity contribution < 1.29 is 24.2 Å². The number of methoxy groups -OCH3 is 1. The van der Waals surface area contributed by atoms with E-state index in [1.807, 2.05) is 49.4 Å². The van der Waals surface area contributed by atoms with Crippen molar-refractivity contribution in [2.45, 2.75) is 19.6 Å². The van der Waals surface area contributed by atoms with E-state index in [4.69, 9.17) is 21.1 Å². The van der Waals surface area contributed by atoms with Crippen molar-refractivity contribution in [3.63, 3.8) is 0 Å². The molecule has 1 unspecified atom stereocenters. The molecule has 0 aliphatic carbocycles. The van der Waals surface area contributed by atoms with Crippen LogP contribution in [0, 0.1) is 6.92 Å². The van der Waals surface area contributed by atoms with Gasteiger partial charge in [0.05, 0.1) is 28.9 Å². The van der Waals surface area contributed by atoms with E-state index >= 15 is 0 Å². The number of aryl methyl sites for hydroxylation is 1. The first-order chi connectivity index (χ1) is 20.3. The molecule has 0 saturated carbocycles. The minimum atomic E-state index is -0.973. The van der Waals surface area contributed by atoms with Gasteiger partial charge in [-0.15, -0.1) is 0 Å². The molecule has 2 heterocycles. The number of amides is 1. The minimum Gasteiger partial charge on any atom is -0.507 e. The highest BCUT2D eigenvalue weighted by Gasteiger charge is 2.48. The quantitative estimate of drug-likeness (QED) is 0.119. The van der Waals surface area contributed by atoms with E-state index < -0.39 is 17.7 Å². The van der Waals surface area contributed by atoms with Gasteiger partial charge in [-0.1, -0.05) is 89.2 Å². The summed E-state index contributed by atoms with van der Waals surface area (Å²) in [4.78, 5) is 33.2. The highest BCUT2D eigenvalue weighted by atomic mass is 35.5. The average molecular weight is 597 g/mol. The van der Waals surface area contributed by atoms with Crippen molar-refractivity contribution in [3.05, 3.63) is 124 Å². The molecule has 0 bridgehead atoms. The summed E-state index contributed by atoms with van der Waals surface area (Å²) in [5.41, 5.74) is 3.55. The summed E-state index contributed by atoms with van der Waals surface area (Å²) in [6.07, 6.45) is 0. The standard InChI is InChI=1S/C33H25ClN2O5S/c1-19-8-10-21(11-9-19)30(37)28-29(22-12-15-25(26(16-22)40-2)41-18-20-6-4-3-5-7-20)36(32(39)31(28)38)33-35-24-14-13-23(34)17-27(24)42-33/h3-17,29,37H,18H2,1-2H3/b30-28+. The van der Waals surface area contributed by atoms with Crippen LogP contribution in [0.3, 0.4) is 0 Å². The number of rotatable bonds is 7. The third-order valence-electron chi connectivity index (χ3n) is 7.06. The molecular weight excluding hydrogens is 572 g/mol. The monoisotopic (exact) mass is 596 g/mol. The maximum atomic E-state index is 13.6. The van der Waals surface area contributed by atoms with Crippen molar-refractivity contribution >= 4 is 55.7 Å². The van der Waals surface area contributed by atoms with Gasteiger partial charge < -0.3 is 14.6 Å². The maximum absolute atomic E-state index is 13.6. The number of hydrogen-bond donors (Lipinski definition) is 1. The molecule has 1 N–H and O–H groups in total. The molecule has 1 aromatic heterocycles. The Labute approximate surface area is 251 Å². The van der Waals surface area contributed by atoms with Gasteiger partial charge in [0.2, 0.25) is 0 Å². The molecule has 0 spiro atoms. The van der Waals surface area contributed by atoms with Gasteiger partial charge in [-0.25, -0.2) is 4.98 Å². The highest BCUT2D eigenvalue weighted by Crippen LogP contribution is 2.46. The Morgan fingerprint density at radius 3 is 2.48 bits per heavy atom. The summed E-state index contributed by atoms with van der Waals surface area (Å²) < 4.78 is 12.5. The molecule has 5 aromatic rings. The van der Waals surface area contributed by atoms with Crippen LogP contribution in [0.15, 0.2) is 96.6 Å². The van der Waals surface area contributed by atoms with Crippen LogP contribution in [0.4, 0.5) is 5.13 Å². The van der Waals surface area contributed by atoms with Crippen molar-refractivity contribution in [3.8, 4) is 11.5 Å². The second kappa shape index (κ2) is 11.3. The number of thiazole rings is 1. The number of Topliss-reactive ketones (excluding diaryl/α,β-unsaturated/α-hetero) is 1. The van der Waals surface area contributed by atoms with Crippen LogP contribution < -0.4 is 14.4 Å². The number of hydrogen-bond acceptors (Lipinski definition) is 7. The van der Waals surface area contributed by atoms with Gasteiger partial charge in [-0.05, 0) is 48.4 Å². The maximum Gasteiger partial charge on any atom is 0.301 e. The van der Waals surface area contributed by atoms with E-state index in [-0.39, 0.29) is 11.3 Å². The molecule has 1 aliphatic rings. The smallest absolute Gasteiger partial charge is 0.301 e. The lowest BCUT2D eigenvalue weighted by atomic mass is 9.95. The Morgan fingerprint density at radius 2 is 1.74 bits per heavy atom. The van der Waals surface area contributed by atoms with Crippen LogP contribution in [0.1, 0.15) is 28.3 Å². The Balaban J connectivity index is 1.48. The minimum absolute atomic E-state index is 0.0406.